The van der Waals surface area contributed by atoms with Gasteiger partial charge >= 0.3 is 12.1 Å². The summed E-state index contributed by atoms with van der Waals surface area (Å²) in [6, 6.07) is 7.04. The minimum absolute atomic E-state index is 0.341. The van der Waals surface area contributed by atoms with E-state index in [1.807, 2.05) is 6.07 Å². The molecule has 1 aliphatic rings. The van der Waals surface area contributed by atoms with Crippen molar-refractivity contribution in [3.05, 3.63) is 46.7 Å². The summed E-state index contributed by atoms with van der Waals surface area (Å²) in [7, 11) is 1.56. The van der Waals surface area contributed by atoms with E-state index in [0.717, 1.165) is 11.1 Å². The van der Waals surface area contributed by atoms with Crippen LogP contribution in [0.4, 0.5) is 10.5 Å². The quantitative estimate of drug-likeness (QED) is 0.644. The molecule has 0 saturated heterocycles. The van der Waals surface area contributed by atoms with Crippen molar-refractivity contribution in [2.45, 2.75) is 51.0 Å². The van der Waals surface area contributed by atoms with Gasteiger partial charge in [0.2, 0.25) is 0 Å². The second kappa shape index (κ2) is 8.85. The van der Waals surface area contributed by atoms with E-state index in [2.05, 4.69) is 10.3 Å². The van der Waals surface area contributed by atoms with Gasteiger partial charge in [0, 0.05) is 36.1 Å². The van der Waals surface area contributed by atoms with Crippen molar-refractivity contribution < 1.29 is 24.2 Å². The molecule has 1 unspecified atom stereocenters. The molecule has 0 radical (unpaired) electrons. The molecule has 0 saturated carbocycles. The summed E-state index contributed by atoms with van der Waals surface area (Å²) < 4.78 is 10.5. The van der Waals surface area contributed by atoms with Crippen molar-refractivity contribution in [1.29, 1.82) is 0 Å². The first-order valence-electron chi connectivity index (χ1n) is 10.1. The van der Waals surface area contributed by atoms with Gasteiger partial charge in [-0.05, 0) is 69.9 Å². The smallest absolute Gasteiger partial charge is 0.412 e. The molecule has 31 heavy (non-hydrogen) atoms. The number of amides is 1. The summed E-state index contributed by atoms with van der Waals surface area (Å²) in [5.74, 6) is -0.890. The lowest BCUT2D eigenvalue weighted by molar-refractivity contribution is -0.144. The summed E-state index contributed by atoms with van der Waals surface area (Å²) in [6.07, 6.45) is 2.48. The van der Waals surface area contributed by atoms with Crippen LogP contribution in [0.25, 0.3) is 11.1 Å². The number of rotatable bonds is 6. The van der Waals surface area contributed by atoms with Gasteiger partial charge in [0.25, 0.3) is 0 Å². The first kappa shape index (κ1) is 23.0. The van der Waals surface area contributed by atoms with Crippen LogP contribution in [0.1, 0.15) is 44.9 Å². The third-order valence-corrected chi connectivity index (χ3v) is 5.55. The van der Waals surface area contributed by atoms with Crippen LogP contribution in [0.5, 0.6) is 0 Å². The molecule has 0 fully saturated rings. The number of ether oxygens (including phenoxy) is 2. The number of carboxylic acids is 1. The van der Waals surface area contributed by atoms with Crippen molar-refractivity contribution in [3.8, 4) is 11.1 Å². The lowest BCUT2D eigenvalue weighted by atomic mass is 9.82. The van der Waals surface area contributed by atoms with E-state index in [9.17, 15) is 14.7 Å². The Bertz CT molecular complexity index is 1000. The van der Waals surface area contributed by atoms with Crippen LogP contribution >= 0.6 is 11.6 Å². The topological polar surface area (TPSA) is 97.8 Å². The number of hydrogen-bond donors (Lipinski definition) is 2. The number of nitrogens with one attached hydrogen (secondary N) is 1. The summed E-state index contributed by atoms with van der Waals surface area (Å²) in [5, 5.41) is 13.2. The van der Waals surface area contributed by atoms with Gasteiger partial charge in [-0.2, -0.15) is 0 Å². The minimum Gasteiger partial charge on any atom is -0.481 e. The SMILES string of the molecule is COCCC1(C(=O)O)CCc2cc(-c3cc(Cl)ccc3NC(=O)OC(C)(C)C)cnc21. The molecule has 0 spiro atoms. The molecule has 1 heterocycles. The van der Waals surface area contributed by atoms with Crippen molar-refractivity contribution in [2.24, 2.45) is 0 Å². The first-order valence-corrected chi connectivity index (χ1v) is 10.5. The van der Waals surface area contributed by atoms with Gasteiger partial charge in [0.15, 0.2) is 0 Å². The number of anilines is 1. The monoisotopic (exact) mass is 446 g/mol. The number of fused-ring (bicyclic) bond motifs is 1. The van der Waals surface area contributed by atoms with Crippen molar-refractivity contribution in [3.63, 3.8) is 0 Å². The average Bonchev–Trinajstić information content (AvgIpc) is 3.05. The maximum absolute atomic E-state index is 12.3. The van der Waals surface area contributed by atoms with Gasteiger partial charge < -0.3 is 14.6 Å². The molecule has 0 aliphatic heterocycles. The molecule has 166 valence electrons. The zero-order valence-electron chi connectivity index (χ0n) is 18.1. The van der Waals surface area contributed by atoms with E-state index in [1.165, 1.54) is 0 Å². The van der Waals surface area contributed by atoms with Gasteiger partial charge in [-0.25, -0.2) is 4.79 Å². The number of aromatic nitrogens is 1. The van der Waals surface area contributed by atoms with Gasteiger partial charge in [0.05, 0.1) is 11.4 Å². The predicted molar refractivity (Wildman–Crippen MR) is 119 cm³/mol. The lowest BCUT2D eigenvalue weighted by Crippen LogP contribution is -2.35. The van der Waals surface area contributed by atoms with Crippen LogP contribution in [0.15, 0.2) is 30.5 Å². The highest BCUT2D eigenvalue weighted by atomic mass is 35.5. The number of pyridine rings is 1. The number of carboxylic acid groups (broad SMARTS) is 1. The minimum atomic E-state index is -1.05. The number of aryl methyl sites for hydroxylation is 1. The summed E-state index contributed by atoms with van der Waals surface area (Å²) in [6.45, 7) is 5.71. The zero-order chi connectivity index (χ0) is 22.8. The zero-order valence-corrected chi connectivity index (χ0v) is 18.9. The molecule has 8 heteroatoms. The Labute approximate surface area is 186 Å². The average molecular weight is 447 g/mol. The maximum atomic E-state index is 12.3. The Hall–Kier alpha value is -2.64. The molecule has 1 aliphatic carbocycles. The summed E-state index contributed by atoms with van der Waals surface area (Å²) in [4.78, 5) is 28.9. The molecule has 1 aromatic heterocycles. The molecular weight excluding hydrogens is 420 g/mol. The number of carbonyl (C=O) groups excluding carboxylic acids is 1. The summed E-state index contributed by atoms with van der Waals surface area (Å²) >= 11 is 6.22. The highest BCUT2D eigenvalue weighted by Gasteiger charge is 2.46. The van der Waals surface area contributed by atoms with Crippen LogP contribution in [0, 0.1) is 0 Å². The third kappa shape index (κ3) is 4.99. The number of benzene rings is 1. The number of methoxy groups -OCH3 is 1. The standard InChI is InChI=1S/C23H27ClN2O5/c1-22(2,3)31-21(29)26-18-6-5-16(24)12-17(18)15-11-14-7-8-23(20(27)28,9-10-30-4)19(14)25-13-15/h5-6,11-13H,7-10H2,1-4H3,(H,26,29)(H,27,28). The molecule has 2 N–H and O–H groups in total. The number of carbonyl (C=O) groups is 2. The van der Waals surface area contributed by atoms with Crippen LogP contribution in [0.3, 0.4) is 0 Å². The van der Waals surface area contributed by atoms with E-state index in [4.69, 9.17) is 21.1 Å². The Morgan fingerprint density at radius 2 is 2.03 bits per heavy atom. The van der Waals surface area contributed by atoms with Crippen LogP contribution in [-0.4, -0.2) is 41.5 Å². The fourth-order valence-electron chi connectivity index (χ4n) is 3.86. The third-order valence-electron chi connectivity index (χ3n) is 5.31. The van der Waals surface area contributed by atoms with E-state index < -0.39 is 23.1 Å². The molecular formula is C23H27ClN2O5. The number of halogens is 1. The molecule has 7 nitrogen and oxygen atoms in total. The highest BCUT2D eigenvalue weighted by molar-refractivity contribution is 6.31. The number of nitrogens with zero attached hydrogens (tertiary/aromatic N) is 1. The van der Waals surface area contributed by atoms with Gasteiger partial charge in [0.1, 0.15) is 11.0 Å². The van der Waals surface area contributed by atoms with Gasteiger partial charge in [-0.3, -0.25) is 15.1 Å². The van der Waals surface area contributed by atoms with E-state index >= 15 is 0 Å². The maximum Gasteiger partial charge on any atom is 0.412 e. The Balaban J connectivity index is 1.97. The molecule has 0 bridgehead atoms. The molecule has 1 amide bonds. The Morgan fingerprint density at radius 1 is 1.29 bits per heavy atom. The van der Waals surface area contributed by atoms with E-state index in [0.29, 0.717) is 47.8 Å². The second-order valence-corrected chi connectivity index (χ2v) is 9.12. The number of aliphatic carboxylic acids is 1. The first-order chi connectivity index (χ1) is 14.6. The molecule has 3 rings (SSSR count). The number of hydrogen-bond acceptors (Lipinski definition) is 5. The molecule has 1 aromatic carbocycles. The van der Waals surface area contributed by atoms with E-state index in [1.54, 1.807) is 52.3 Å². The van der Waals surface area contributed by atoms with Crippen LogP contribution in [-0.2, 0) is 26.1 Å². The molecule has 1 atom stereocenters. The van der Waals surface area contributed by atoms with E-state index in [-0.39, 0.29) is 0 Å². The second-order valence-electron chi connectivity index (χ2n) is 8.68. The largest absolute Gasteiger partial charge is 0.481 e. The predicted octanol–water partition coefficient (Wildman–Crippen LogP) is 5.05. The Kier molecular flexibility index (Phi) is 6.57. The normalized spacial score (nSPS) is 17.8. The molecule has 2 aromatic rings. The van der Waals surface area contributed by atoms with Crippen LogP contribution in [0.2, 0.25) is 5.02 Å². The van der Waals surface area contributed by atoms with Crippen molar-refractivity contribution in [1.82, 2.24) is 4.98 Å². The van der Waals surface area contributed by atoms with Crippen LogP contribution < -0.4 is 5.32 Å². The van der Waals surface area contributed by atoms with Gasteiger partial charge in [-0.1, -0.05) is 11.6 Å². The summed E-state index contributed by atoms with van der Waals surface area (Å²) in [5.41, 5.74) is 1.72. The fraction of sp³-hybridized carbons (Fsp3) is 0.435. The van der Waals surface area contributed by atoms with Crippen molar-refractivity contribution in [2.75, 3.05) is 19.0 Å². The fourth-order valence-corrected chi connectivity index (χ4v) is 4.03. The van der Waals surface area contributed by atoms with Crippen molar-refractivity contribution >= 4 is 29.4 Å². The lowest BCUT2D eigenvalue weighted by Gasteiger charge is -2.24. The Morgan fingerprint density at radius 3 is 2.68 bits per heavy atom. The highest BCUT2D eigenvalue weighted by Crippen LogP contribution is 2.42. The van der Waals surface area contributed by atoms with Gasteiger partial charge in [-0.15, -0.1) is 0 Å².